The van der Waals surface area contributed by atoms with Crippen molar-refractivity contribution < 1.29 is 9.84 Å². The lowest BCUT2D eigenvalue weighted by Crippen LogP contribution is -2.06. The molecule has 96 valence electrons. The molecule has 4 rings (SSSR count). The van der Waals surface area contributed by atoms with E-state index >= 15 is 0 Å². The maximum atomic E-state index is 10.6. The first-order valence-electron chi connectivity index (χ1n) is 6.89. The van der Waals surface area contributed by atoms with Crippen LogP contribution in [0.2, 0.25) is 5.02 Å². The normalized spacial score (nSPS) is 33.8. The third-order valence-corrected chi connectivity index (χ3v) is 5.15. The van der Waals surface area contributed by atoms with E-state index in [9.17, 15) is 5.11 Å². The van der Waals surface area contributed by atoms with E-state index in [0.717, 1.165) is 40.2 Å². The maximum Gasteiger partial charge on any atom is 0.128 e. The Kier molecular flexibility index (Phi) is 2.40. The van der Waals surface area contributed by atoms with E-state index in [1.165, 1.54) is 19.3 Å². The molecule has 1 N–H and O–H groups in total. The highest BCUT2D eigenvalue weighted by atomic mass is 35.5. The summed E-state index contributed by atoms with van der Waals surface area (Å²) in [6.07, 6.45) is 4.44. The van der Waals surface area contributed by atoms with Crippen LogP contribution in [0.25, 0.3) is 0 Å². The molecule has 0 aromatic heterocycles. The lowest BCUT2D eigenvalue weighted by Gasteiger charge is -2.16. The summed E-state index contributed by atoms with van der Waals surface area (Å²) in [5.41, 5.74) is 2.08. The SMILES string of the molecule is OC(c1cc(Cl)cc2c1OCC2)C1C2CCCC21. The van der Waals surface area contributed by atoms with Gasteiger partial charge in [0.2, 0.25) is 0 Å². The van der Waals surface area contributed by atoms with Crippen LogP contribution in [-0.4, -0.2) is 11.7 Å². The molecule has 1 aromatic carbocycles. The predicted octanol–water partition coefficient (Wildman–Crippen LogP) is 3.35. The summed E-state index contributed by atoms with van der Waals surface area (Å²) in [7, 11) is 0. The van der Waals surface area contributed by atoms with Crippen molar-refractivity contribution in [1.82, 2.24) is 0 Å². The number of rotatable bonds is 2. The van der Waals surface area contributed by atoms with Crippen molar-refractivity contribution in [3.05, 3.63) is 28.3 Å². The zero-order valence-corrected chi connectivity index (χ0v) is 11.0. The topological polar surface area (TPSA) is 29.5 Å². The second-order valence-corrected chi connectivity index (χ2v) is 6.30. The van der Waals surface area contributed by atoms with Crippen LogP contribution >= 0.6 is 11.6 Å². The van der Waals surface area contributed by atoms with Crippen LogP contribution in [0.15, 0.2) is 12.1 Å². The molecule has 2 nitrogen and oxygen atoms in total. The maximum absolute atomic E-state index is 10.6. The fourth-order valence-corrected chi connectivity index (χ4v) is 4.32. The fourth-order valence-electron chi connectivity index (χ4n) is 4.07. The highest BCUT2D eigenvalue weighted by molar-refractivity contribution is 6.30. The Morgan fingerprint density at radius 3 is 2.83 bits per heavy atom. The largest absolute Gasteiger partial charge is 0.493 e. The van der Waals surface area contributed by atoms with Gasteiger partial charge in [0.1, 0.15) is 5.75 Å². The standard InChI is InChI=1S/C15H17ClO2/c16-9-6-8-4-5-18-15(8)12(7-9)14(17)13-10-2-1-3-11(10)13/h6-7,10-11,13-14,17H,1-5H2. The molecule has 18 heavy (non-hydrogen) atoms. The van der Waals surface area contributed by atoms with E-state index in [0.29, 0.717) is 12.5 Å². The van der Waals surface area contributed by atoms with Gasteiger partial charge in [-0.15, -0.1) is 0 Å². The summed E-state index contributed by atoms with van der Waals surface area (Å²) < 4.78 is 5.69. The van der Waals surface area contributed by atoms with Crippen LogP contribution in [0, 0.1) is 17.8 Å². The van der Waals surface area contributed by atoms with Crippen molar-refractivity contribution in [3.8, 4) is 5.75 Å². The lowest BCUT2D eigenvalue weighted by atomic mass is 9.97. The number of aliphatic hydroxyl groups excluding tert-OH is 1. The van der Waals surface area contributed by atoms with Gasteiger partial charge < -0.3 is 9.84 Å². The molecule has 3 atom stereocenters. The van der Waals surface area contributed by atoms with Crippen molar-refractivity contribution in [2.24, 2.45) is 17.8 Å². The average molecular weight is 265 g/mol. The van der Waals surface area contributed by atoms with Crippen LogP contribution in [0.1, 0.15) is 36.5 Å². The minimum absolute atomic E-state index is 0.383. The van der Waals surface area contributed by atoms with E-state index in [-0.39, 0.29) is 6.10 Å². The first-order valence-corrected chi connectivity index (χ1v) is 7.26. The molecule has 2 saturated carbocycles. The minimum atomic E-state index is -0.383. The molecule has 0 amide bonds. The van der Waals surface area contributed by atoms with Crippen LogP contribution in [-0.2, 0) is 6.42 Å². The van der Waals surface area contributed by atoms with Crippen LogP contribution < -0.4 is 4.74 Å². The summed E-state index contributed by atoms with van der Waals surface area (Å²) >= 11 is 6.15. The molecule has 3 unspecified atom stereocenters. The second-order valence-electron chi connectivity index (χ2n) is 5.86. The Bertz CT molecular complexity index is 490. The lowest BCUT2D eigenvalue weighted by molar-refractivity contribution is 0.133. The van der Waals surface area contributed by atoms with Crippen molar-refractivity contribution >= 4 is 11.6 Å². The molecular weight excluding hydrogens is 248 g/mol. The van der Waals surface area contributed by atoms with Gasteiger partial charge in [0.05, 0.1) is 12.7 Å². The number of aliphatic hydroxyl groups is 1. The Hall–Kier alpha value is -0.730. The molecule has 3 aliphatic rings. The van der Waals surface area contributed by atoms with E-state index in [4.69, 9.17) is 16.3 Å². The van der Waals surface area contributed by atoms with Crippen LogP contribution in [0.4, 0.5) is 0 Å². The monoisotopic (exact) mass is 264 g/mol. The molecule has 1 aromatic rings. The quantitative estimate of drug-likeness (QED) is 0.888. The van der Waals surface area contributed by atoms with E-state index in [1.54, 1.807) is 0 Å². The highest BCUT2D eigenvalue weighted by Gasteiger charge is 2.56. The third kappa shape index (κ3) is 1.52. The van der Waals surface area contributed by atoms with Gasteiger partial charge in [0.25, 0.3) is 0 Å². The molecular formula is C15H17ClO2. The van der Waals surface area contributed by atoms with Gasteiger partial charge in [-0.2, -0.15) is 0 Å². The van der Waals surface area contributed by atoms with Crippen molar-refractivity contribution in [2.45, 2.75) is 31.8 Å². The number of hydrogen-bond acceptors (Lipinski definition) is 2. The summed E-state index contributed by atoms with van der Waals surface area (Å²) in [6.45, 7) is 0.715. The van der Waals surface area contributed by atoms with Crippen molar-refractivity contribution in [2.75, 3.05) is 6.61 Å². The van der Waals surface area contributed by atoms with Gasteiger partial charge in [0.15, 0.2) is 0 Å². The Morgan fingerprint density at radius 2 is 2.06 bits per heavy atom. The smallest absolute Gasteiger partial charge is 0.128 e. The zero-order valence-electron chi connectivity index (χ0n) is 10.2. The number of ether oxygens (including phenoxy) is 1. The first kappa shape index (κ1) is 11.1. The molecule has 0 radical (unpaired) electrons. The predicted molar refractivity (Wildman–Crippen MR) is 69.9 cm³/mol. The molecule has 0 spiro atoms. The molecule has 0 bridgehead atoms. The second kappa shape index (κ2) is 3.88. The summed E-state index contributed by atoms with van der Waals surface area (Å²) in [6, 6.07) is 3.86. The van der Waals surface area contributed by atoms with Crippen LogP contribution in [0.5, 0.6) is 5.75 Å². The summed E-state index contributed by atoms with van der Waals surface area (Å²) in [5, 5.41) is 11.3. The molecule has 1 aliphatic heterocycles. The fraction of sp³-hybridized carbons (Fsp3) is 0.600. The van der Waals surface area contributed by atoms with Gasteiger partial charge in [-0.25, -0.2) is 0 Å². The number of fused-ring (bicyclic) bond motifs is 2. The zero-order chi connectivity index (χ0) is 12.3. The first-order chi connectivity index (χ1) is 8.75. The molecule has 2 aliphatic carbocycles. The number of benzene rings is 1. The number of halogens is 1. The van der Waals surface area contributed by atoms with Gasteiger partial charge in [-0.05, 0) is 48.3 Å². The highest BCUT2D eigenvalue weighted by Crippen LogP contribution is 2.63. The van der Waals surface area contributed by atoms with E-state index < -0.39 is 0 Å². The average Bonchev–Trinajstić information content (AvgIpc) is 2.76. The number of hydrogen-bond donors (Lipinski definition) is 1. The van der Waals surface area contributed by atoms with E-state index in [1.807, 2.05) is 12.1 Å². The van der Waals surface area contributed by atoms with Crippen molar-refractivity contribution in [1.29, 1.82) is 0 Å². The van der Waals surface area contributed by atoms with E-state index in [2.05, 4.69) is 0 Å². The molecule has 3 heteroatoms. The van der Waals surface area contributed by atoms with Crippen LogP contribution in [0.3, 0.4) is 0 Å². The third-order valence-electron chi connectivity index (χ3n) is 4.93. The van der Waals surface area contributed by atoms with Gasteiger partial charge in [-0.3, -0.25) is 0 Å². The molecule has 2 fully saturated rings. The summed E-state index contributed by atoms with van der Waals surface area (Å²) in [5.74, 6) is 2.84. The van der Waals surface area contributed by atoms with Gasteiger partial charge in [0, 0.05) is 17.0 Å². The molecule has 1 heterocycles. The van der Waals surface area contributed by atoms with Crippen molar-refractivity contribution in [3.63, 3.8) is 0 Å². The Morgan fingerprint density at radius 1 is 1.28 bits per heavy atom. The Balaban J connectivity index is 1.68. The summed E-state index contributed by atoms with van der Waals surface area (Å²) in [4.78, 5) is 0. The van der Waals surface area contributed by atoms with Gasteiger partial charge in [-0.1, -0.05) is 18.0 Å². The minimum Gasteiger partial charge on any atom is -0.493 e. The molecule has 0 saturated heterocycles. The van der Waals surface area contributed by atoms with Gasteiger partial charge >= 0.3 is 0 Å². The Labute approximate surface area is 112 Å².